The molecule has 3 heterocycles. The third-order valence-electron chi connectivity index (χ3n) is 3.40. The van der Waals surface area contributed by atoms with Crippen molar-refractivity contribution in [1.29, 1.82) is 0 Å². The molecule has 25 heavy (non-hydrogen) atoms. The molecule has 3 rings (SSSR count). The van der Waals surface area contributed by atoms with Crippen LogP contribution in [0.3, 0.4) is 0 Å². The van der Waals surface area contributed by atoms with Crippen LogP contribution < -0.4 is 74.6 Å². The molecule has 0 spiro atoms. The molecule has 1 aliphatic heterocycles. The number of hydrogen-bond donors (Lipinski definition) is 3. The Morgan fingerprint density at radius 1 is 1.28 bits per heavy atom. The number of imidazole rings is 1. The van der Waals surface area contributed by atoms with E-state index in [9.17, 15) is 24.6 Å². The Labute approximate surface area is 185 Å². The predicted molar refractivity (Wildman–Crippen MR) is 69.2 cm³/mol. The molecule has 0 radical (unpaired) electrons. The average Bonchev–Trinajstić information content (AvgIpc) is 3.01. The Morgan fingerprint density at radius 2 is 1.96 bits per heavy atom. The van der Waals surface area contributed by atoms with Crippen molar-refractivity contribution < 1.29 is 92.9 Å². The van der Waals surface area contributed by atoms with Crippen LogP contribution in [-0.2, 0) is 13.8 Å². The van der Waals surface area contributed by atoms with Crippen LogP contribution in [0.15, 0.2) is 12.7 Å². The van der Waals surface area contributed by atoms with Gasteiger partial charge in [-0.3, -0.25) is 4.57 Å². The molecule has 126 valence electrons. The molecule has 0 saturated carbocycles. The van der Waals surface area contributed by atoms with Gasteiger partial charge in [0.2, 0.25) is 0 Å². The Balaban J connectivity index is 0.00000156. The third-order valence-corrected chi connectivity index (χ3v) is 3.86. The maximum atomic E-state index is 10.5. The van der Waals surface area contributed by atoms with E-state index in [2.05, 4.69) is 19.5 Å². The number of nitrogens with two attached hydrogens (primary N) is 1. The number of fused-ring (bicyclic) bond motifs is 1. The van der Waals surface area contributed by atoms with E-state index in [4.69, 9.17) is 10.5 Å². The first-order valence-corrected chi connectivity index (χ1v) is 7.85. The second-order valence-electron chi connectivity index (χ2n) is 4.87. The van der Waals surface area contributed by atoms with E-state index in [0.717, 1.165) is 0 Å². The minimum atomic E-state index is -5.22. The Morgan fingerprint density at radius 3 is 2.60 bits per heavy atom. The normalized spacial score (nSPS) is 26.2. The number of nitrogen functional groups attached to an aromatic ring is 1. The standard InChI is InChI=1S/C10H14N5O7P.2Na/c11-8-5-9(13-2-12-8)15(3-14-5)10-7(17)6(16)4(22-10)1-21-23(18,19)20;;/h2-4,6-7,10,16-17H,1H2,(H2,11,12,13)(H2,18,19,20);;/q;2*+1/p-2/t4-,6-,7-,10-;;/m1../s1. The zero-order chi connectivity index (χ0) is 16.8. The summed E-state index contributed by atoms with van der Waals surface area (Å²) in [5, 5.41) is 20.0. The maximum absolute atomic E-state index is 10.5. The van der Waals surface area contributed by atoms with E-state index in [1.165, 1.54) is 17.2 Å². The molecule has 15 heteroatoms. The minimum Gasteiger partial charge on any atom is -0.790 e. The summed E-state index contributed by atoms with van der Waals surface area (Å²) in [6.45, 7) is -0.719. The number of hydrogen-bond acceptors (Lipinski definition) is 11. The first-order chi connectivity index (χ1) is 10.8. The van der Waals surface area contributed by atoms with E-state index in [1.807, 2.05) is 0 Å². The first-order valence-electron chi connectivity index (χ1n) is 6.39. The van der Waals surface area contributed by atoms with Gasteiger partial charge in [0, 0.05) is 0 Å². The molecule has 1 fully saturated rings. The van der Waals surface area contributed by atoms with Crippen LogP contribution in [0.4, 0.5) is 5.82 Å². The van der Waals surface area contributed by atoms with Gasteiger partial charge in [0.15, 0.2) is 17.7 Å². The van der Waals surface area contributed by atoms with Gasteiger partial charge in [0.25, 0.3) is 0 Å². The summed E-state index contributed by atoms with van der Waals surface area (Å²) in [6.07, 6.45) is -2.75. The Bertz CT molecular complexity index is 773. The topological polar surface area (TPSA) is 192 Å². The number of aliphatic hydroxyl groups is 2. The van der Waals surface area contributed by atoms with Crippen molar-refractivity contribution >= 4 is 24.8 Å². The fourth-order valence-electron chi connectivity index (χ4n) is 2.32. The minimum absolute atomic E-state index is 0. The molecule has 2 aromatic rings. The third kappa shape index (κ3) is 4.99. The van der Waals surface area contributed by atoms with Crippen LogP contribution in [-0.4, -0.2) is 54.7 Å². The molecule has 0 aliphatic carbocycles. The van der Waals surface area contributed by atoms with Crippen molar-refractivity contribution in [1.82, 2.24) is 19.5 Å². The van der Waals surface area contributed by atoms with Crippen molar-refractivity contribution in [3.8, 4) is 0 Å². The van der Waals surface area contributed by atoms with Crippen LogP contribution in [0.2, 0.25) is 0 Å². The number of phosphoric acid groups is 1. The van der Waals surface area contributed by atoms with Crippen molar-refractivity contribution in [2.75, 3.05) is 12.3 Å². The van der Waals surface area contributed by atoms with Crippen LogP contribution in [0.25, 0.3) is 11.2 Å². The van der Waals surface area contributed by atoms with Crippen molar-refractivity contribution in [2.45, 2.75) is 24.5 Å². The number of anilines is 1. The van der Waals surface area contributed by atoms with E-state index >= 15 is 0 Å². The smallest absolute Gasteiger partial charge is 0.790 e. The summed E-state index contributed by atoms with van der Waals surface area (Å²) in [6, 6.07) is 0. The van der Waals surface area contributed by atoms with Gasteiger partial charge < -0.3 is 39.6 Å². The fourth-order valence-corrected chi connectivity index (χ4v) is 2.65. The van der Waals surface area contributed by atoms with E-state index in [0.29, 0.717) is 0 Å². The summed E-state index contributed by atoms with van der Waals surface area (Å²) in [5.41, 5.74) is 6.19. The average molecular weight is 391 g/mol. The molecule has 2 aromatic heterocycles. The molecule has 0 amide bonds. The zero-order valence-electron chi connectivity index (χ0n) is 13.4. The van der Waals surface area contributed by atoms with Gasteiger partial charge in [-0.1, -0.05) is 0 Å². The number of nitrogens with zero attached hydrogens (tertiary/aromatic N) is 4. The van der Waals surface area contributed by atoms with Crippen LogP contribution >= 0.6 is 7.82 Å². The van der Waals surface area contributed by atoms with Crippen molar-refractivity contribution in [2.24, 2.45) is 0 Å². The van der Waals surface area contributed by atoms with E-state index in [1.54, 1.807) is 0 Å². The Kier molecular flexibility index (Phi) is 8.44. The quantitative estimate of drug-likeness (QED) is 0.331. The summed E-state index contributed by atoms with van der Waals surface area (Å²) in [7, 11) is -5.22. The van der Waals surface area contributed by atoms with Crippen LogP contribution in [0, 0.1) is 0 Å². The molecule has 12 nitrogen and oxygen atoms in total. The molecule has 4 atom stereocenters. The number of aliphatic hydroxyl groups excluding tert-OH is 2. The fraction of sp³-hybridized carbons (Fsp3) is 0.500. The monoisotopic (exact) mass is 391 g/mol. The predicted octanol–water partition coefficient (Wildman–Crippen LogP) is -9.12. The Hall–Kier alpha value is 0.340. The van der Waals surface area contributed by atoms with Crippen LogP contribution in [0.5, 0.6) is 0 Å². The van der Waals surface area contributed by atoms with Crippen LogP contribution in [0.1, 0.15) is 6.23 Å². The largest absolute Gasteiger partial charge is 1.00 e. The van der Waals surface area contributed by atoms with Gasteiger partial charge in [-0.15, -0.1) is 0 Å². The molecule has 4 N–H and O–H groups in total. The first kappa shape index (κ1) is 23.4. The van der Waals surface area contributed by atoms with Gasteiger partial charge in [0.05, 0.1) is 20.8 Å². The summed E-state index contributed by atoms with van der Waals surface area (Å²) >= 11 is 0. The second-order valence-corrected chi connectivity index (χ2v) is 6.02. The van der Waals surface area contributed by atoms with Crippen molar-refractivity contribution in [3.05, 3.63) is 12.7 Å². The SMILES string of the molecule is Nc1ncnc2c1ncn2[C@@H]1O[C@H](COP(=O)([O-])[O-])[C@@H](O)[C@H]1O.[Na+].[Na+]. The summed E-state index contributed by atoms with van der Waals surface area (Å²) in [5.74, 6) is 0.125. The zero-order valence-corrected chi connectivity index (χ0v) is 18.3. The number of ether oxygens (including phenoxy) is 1. The van der Waals surface area contributed by atoms with Gasteiger partial charge in [-0.2, -0.15) is 0 Å². The number of rotatable bonds is 4. The molecule has 1 aliphatic rings. The molecular formula is C10H12N5Na2O7P. The molecular weight excluding hydrogens is 379 g/mol. The van der Waals surface area contributed by atoms with Crippen molar-refractivity contribution in [3.63, 3.8) is 0 Å². The van der Waals surface area contributed by atoms with E-state index in [-0.39, 0.29) is 76.1 Å². The molecule has 1 saturated heterocycles. The van der Waals surface area contributed by atoms with Gasteiger partial charge in [0.1, 0.15) is 30.2 Å². The second kappa shape index (κ2) is 9.02. The van der Waals surface area contributed by atoms with Gasteiger partial charge >= 0.3 is 59.1 Å². The molecule has 0 bridgehead atoms. The van der Waals surface area contributed by atoms with E-state index < -0.39 is 39.0 Å². The maximum Gasteiger partial charge on any atom is 1.00 e. The van der Waals surface area contributed by atoms with Gasteiger partial charge in [-0.25, -0.2) is 15.0 Å². The number of phosphoric ester groups is 1. The summed E-state index contributed by atoms with van der Waals surface area (Å²) < 4.78 is 21.3. The molecule has 0 aromatic carbocycles. The number of aromatic nitrogens is 4. The summed E-state index contributed by atoms with van der Waals surface area (Å²) in [4.78, 5) is 32.8. The molecule has 0 unspecified atom stereocenters. The van der Waals surface area contributed by atoms with Gasteiger partial charge in [-0.05, 0) is 0 Å².